The third-order valence-corrected chi connectivity index (χ3v) is 5.31. The molecule has 160 valence electrons. The van der Waals surface area contributed by atoms with Crippen molar-refractivity contribution in [3.63, 3.8) is 0 Å². The van der Waals surface area contributed by atoms with Crippen LogP contribution in [-0.4, -0.2) is 61.5 Å². The number of benzene rings is 2. The van der Waals surface area contributed by atoms with E-state index in [0.717, 1.165) is 30.8 Å². The maximum Gasteiger partial charge on any atom is 0.253 e. The van der Waals surface area contributed by atoms with E-state index in [1.54, 1.807) is 41.2 Å². The van der Waals surface area contributed by atoms with Gasteiger partial charge in [0, 0.05) is 37.3 Å². The van der Waals surface area contributed by atoms with Crippen molar-refractivity contribution in [1.82, 2.24) is 9.80 Å². The highest BCUT2D eigenvalue weighted by molar-refractivity contribution is 5.96. The third-order valence-electron chi connectivity index (χ3n) is 5.31. The fourth-order valence-electron chi connectivity index (χ4n) is 3.45. The molecular formula is C24H30N2O4. The molecule has 2 aromatic rings. The van der Waals surface area contributed by atoms with Crippen molar-refractivity contribution < 1.29 is 19.1 Å². The number of unbranched alkanes of at least 4 members (excludes halogenated alkanes) is 2. The van der Waals surface area contributed by atoms with Crippen LogP contribution in [0, 0.1) is 0 Å². The van der Waals surface area contributed by atoms with Gasteiger partial charge in [0.1, 0.15) is 11.5 Å². The molecule has 0 radical (unpaired) electrons. The summed E-state index contributed by atoms with van der Waals surface area (Å²) in [4.78, 5) is 29.1. The third kappa shape index (κ3) is 5.53. The van der Waals surface area contributed by atoms with Crippen LogP contribution in [-0.2, 0) is 0 Å². The zero-order chi connectivity index (χ0) is 21.3. The number of hydrogen-bond donors (Lipinski definition) is 0. The fourth-order valence-corrected chi connectivity index (χ4v) is 3.45. The number of ether oxygens (including phenoxy) is 2. The fraction of sp³-hybridized carbons (Fsp3) is 0.417. The summed E-state index contributed by atoms with van der Waals surface area (Å²) >= 11 is 0. The maximum atomic E-state index is 12.8. The number of nitrogens with zero attached hydrogens (tertiary/aromatic N) is 2. The molecule has 1 fully saturated rings. The first-order valence-corrected chi connectivity index (χ1v) is 10.6. The van der Waals surface area contributed by atoms with E-state index >= 15 is 0 Å². The molecule has 0 atom stereocenters. The molecule has 3 rings (SSSR count). The molecular weight excluding hydrogens is 380 g/mol. The average molecular weight is 411 g/mol. The van der Waals surface area contributed by atoms with E-state index in [2.05, 4.69) is 6.92 Å². The summed E-state index contributed by atoms with van der Waals surface area (Å²) in [6.45, 7) is 4.96. The second-order valence-electron chi connectivity index (χ2n) is 7.39. The van der Waals surface area contributed by atoms with Gasteiger partial charge in [-0.05, 0) is 55.0 Å². The Morgan fingerprint density at radius 1 is 0.767 bits per heavy atom. The van der Waals surface area contributed by atoms with E-state index in [1.165, 1.54) is 0 Å². The number of hydrogen-bond acceptors (Lipinski definition) is 4. The van der Waals surface area contributed by atoms with E-state index in [4.69, 9.17) is 9.47 Å². The Morgan fingerprint density at radius 3 is 1.67 bits per heavy atom. The average Bonchev–Trinajstić information content (AvgIpc) is 2.81. The molecule has 2 aromatic carbocycles. The lowest BCUT2D eigenvalue weighted by molar-refractivity contribution is 0.0535. The SMILES string of the molecule is CCCCCOc1ccc(C(=O)N2CCN(C(=O)c3ccc(OC)cc3)CC2)cc1. The summed E-state index contributed by atoms with van der Waals surface area (Å²) in [7, 11) is 1.60. The minimum absolute atomic E-state index is 0.0101. The highest BCUT2D eigenvalue weighted by Crippen LogP contribution is 2.17. The molecule has 6 heteroatoms. The summed E-state index contributed by atoms with van der Waals surface area (Å²) in [5.74, 6) is 1.48. The Hall–Kier alpha value is -3.02. The predicted octanol–water partition coefficient (Wildman–Crippen LogP) is 3.86. The molecule has 0 spiro atoms. The number of carbonyl (C=O) groups excluding carboxylic acids is 2. The molecule has 1 aliphatic heterocycles. The zero-order valence-corrected chi connectivity index (χ0v) is 17.8. The minimum Gasteiger partial charge on any atom is -0.497 e. The Kier molecular flexibility index (Phi) is 7.71. The van der Waals surface area contributed by atoms with Gasteiger partial charge in [-0.25, -0.2) is 0 Å². The van der Waals surface area contributed by atoms with Crippen LogP contribution in [0.1, 0.15) is 46.9 Å². The first-order chi connectivity index (χ1) is 14.6. The molecule has 0 aromatic heterocycles. The smallest absolute Gasteiger partial charge is 0.253 e. The van der Waals surface area contributed by atoms with Gasteiger partial charge in [-0.1, -0.05) is 19.8 Å². The first-order valence-electron chi connectivity index (χ1n) is 10.6. The van der Waals surface area contributed by atoms with Crippen LogP contribution >= 0.6 is 0 Å². The van der Waals surface area contributed by atoms with Crippen LogP contribution in [0.2, 0.25) is 0 Å². The molecule has 1 saturated heterocycles. The van der Waals surface area contributed by atoms with Gasteiger partial charge in [-0.3, -0.25) is 9.59 Å². The van der Waals surface area contributed by atoms with Gasteiger partial charge in [-0.2, -0.15) is 0 Å². The summed E-state index contributed by atoms with van der Waals surface area (Å²) in [5, 5.41) is 0. The molecule has 1 aliphatic rings. The van der Waals surface area contributed by atoms with Crippen LogP contribution in [0.25, 0.3) is 0 Å². The Labute approximate surface area is 178 Å². The Morgan fingerprint density at radius 2 is 1.23 bits per heavy atom. The van der Waals surface area contributed by atoms with Crippen molar-refractivity contribution in [3.8, 4) is 11.5 Å². The monoisotopic (exact) mass is 410 g/mol. The van der Waals surface area contributed by atoms with E-state index in [9.17, 15) is 9.59 Å². The normalized spacial score (nSPS) is 13.8. The molecule has 2 amide bonds. The van der Waals surface area contributed by atoms with Gasteiger partial charge in [-0.15, -0.1) is 0 Å². The summed E-state index contributed by atoms with van der Waals surface area (Å²) in [6.07, 6.45) is 3.36. The lowest BCUT2D eigenvalue weighted by Gasteiger charge is -2.35. The van der Waals surface area contributed by atoms with Crippen molar-refractivity contribution in [2.45, 2.75) is 26.2 Å². The standard InChI is InChI=1S/C24H30N2O4/c1-3-4-5-18-30-22-12-8-20(9-13-22)24(28)26-16-14-25(15-17-26)23(27)19-6-10-21(29-2)11-7-19/h6-13H,3-5,14-18H2,1-2H3. The molecule has 6 nitrogen and oxygen atoms in total. The van der Waals surface area contributed by atoms with Crippen molar-refractivity contribution in [3.05, 3.63) is 59.7 Å². The van der Waals surface area contributed by atoms with Crippen LogP contribution in [0.4, 0.5) is 0 Å². The summed E-state index contributed by atoms with van der Waals surface area (Å²) in [6, 6.07) is 14.4. The zero-order valence-electron chi connectivity index (χ0n) is 17.8. The molecule has 0 aliphatic carbocycles. The number of rotatable bonds is 8. The van der Waals surface area contributed by atoms with E-state index in [1.807, 2.05) is 24.3 Å². The lowest BCUT2D eigenvalue weighted by Crippen LogP contribution is -2.50. The topological polar surface area (TPSA) is 59.1 Å². The molecule has 0 unspecified atom stereocenters. The Balaban J connectivity index is 1.50. The van der Waals surface area contributed by atoms with E-state index < -0.39 is 0 Å². The van der Waals surface area contributed by atoms with Crippen molar-refractivity contribution in [1.29, 1.82) is 0 Å². The first kappa shape index (κ1) is 21.7. The number of methoxy groups -OCH3 is 1. The summed E-state index contributed by atoms with van der Waals surface area (Å²) < 4.78 is 10.8. The van der Waals surface area contributed by atoms with Gasteiger partial charge < -0.3 is 19.3 Å². The predicted molar refractivity (Wildman–Crippen MR) is 116 cm³/mol. The quantitative estimate of drug-likeness (QED) is 0.620. The second kappa shape index (κ2) is 10.7. The van der Waals surface area contributed by atoms with Crippen LogP contribution < -0.4 is 9.47 Å². The van der Waals surface area contributed by atoms with E-state index in [-0.39, 0.29) is 11.8 Å². The number of piperazine rings is 1. The van der Waals surface area contributed by atoms with E-state index in [0.29, 0.717) is 43.9 Å². The molecule has 1 heterocycles. The van der Waals surface area contributed by atoms with Gasteiger partial charge in [0.05, 0.1) is 13.7 Å². The van der Waals surface area contributed by atoms with Crippen LogP contribution in [0.5, 0.6) is 11.5 Å². The van der Waals surface area contributed by atoms with Crippen molar-refractivity contribution in [2.75, 3.05) is 39.9 Å². The van der Waals surface area contributed by atoms with Crippen LogP contribution in [0.3, 0.4) is 0 Å². The molecule has 30 heavy (non-hydrogen) atoms. The van der Waals surface area contributed by atoms with Crippen molar-refractivity contribution >= 4 is 11.8 Å². The maximum absolute atomic E-state index is 12.8. The molecule has 0 saturated carbocycles. The van der Waals surface area contributed by atoms with Gasteiger partial charge in [0.15, 0.2) is 0 Å². The minimum atomic E-state index is -0.0191. The Bertz CT molecular complexity index is 825. The molecule has 0 bridgehead atoms. The van der Waals surface area contributed by atoms with Gasteiger partial charge in [0.2, 0.25) is 0 Å². The van der Waals surface area contributed by atoms with Gasteiger partial charge in [0.25, 0.3) is 11.8 Å². The molecule has 0 N–H and O–H groups in total. The lowest BCUT2D eigenvalue weighted by atomic mass is 10.1. The summed E-state index contributed by atoms with van der Waals surface area (Å²) in [5.41, 5.74) is 1.27. The second-order valence-corrected chi connectivity index (χ2v) is 7.39. The van der Waals surface area contributed by atoms with Crippen LogP contribution in [0.15, 0.2) is 48.5 Å². The van der Waals surface area contributed by atoms with Crippen molar-refractivity contribution in [2.24, 2.45) is 0 Å². The number of carbonyl (C=O) groups is 2. The number of amides is 2. The highest BCUT2D eigenvalue weighted by Gasteiger charge is 2.25. The largest absolute Gasteiger partial charge is 0.497 e. The van der Waals surface area contributed by atoms with Gasteiger partial charge >= 0.3 is 0 Å². The highest BCUT2D eigenvalue weighted by atomic mass is 16.5.